The summed E-state index contributed by atoms with van der Waals surface area (Å²) in [4.78, 5) is 14.3. The van der Waals surface area contributed by atoms with Crippen LogP contribution in [0.3, 0.4) is 0 Å². The first kappa shape index (κ1) is 12.6. The van der Waals surface area contributed by atoms with E-state index < -0.39 is 17.4 Å². The van der Waals surface area contributed by atoms with E-state index in [0.29, 0.717) is 5.76 Å². The Morgan fingerprint density at radius 3 is 2.65 bits per heavy atom. The zero-order valence-electron chi connectivity index (χ0n) is 10.1. The quantitative estimate of drug-likeness (QED) is 0.785. The molecule has 4 nitrogen and oxygen atoms in total. The summed E-state index contributed by atoms with van der Waals surface area (Å²) < 4.78 is 45.2. The predicted molar refractivity (Wildman–Crippen MR) is 65.4 cm³/mol. The van der Waals surface area contributed by atoms with Gasteiger partial charge in [0.15, 0.2) is 0 Å². The molecular weight excluding hydrogens is 273 g/mol. The molecule has 2 heterocycles. The van der Waals surface area contributed by atoms with Crippen LogP contribution in [-0.4, -0.2) is 9.55 Å². The maximum Gasteiger partial charge on any atom is 0.418 e. The van der Waals surface area contributed by atoms with Crippen molar-refractivity contribution in [3.63, 3.8) is 0 Å². The SMILES string of the molecule is O=c1[nH]c2cccc(C(F)(F)F)c2n1Cc1ccco1. The lowest BCUT2D eigenvalue weighted by atomic mass is 10.1. The Balaban J connectivity index is 2.25. The van der Waals surface area contributed by atoms with Gasteiger partial charge in [-0.15, -0.1) is 0 Å². The molecule has 0 atom stereocenters. The van der Waals surface area contributed by atoms with Crippen LogP contribution in [0.5, 0.6) is 0 Å². The number of furan rings is 1. The summed E-state index contributed by atoms with van der Waals surface area (Å²) >= 11 is 0. The fourth-order valence-corrected chi connectivity index (χ4v) is 2.16. The van der Waals surface area contributed by atoms with Gasteiger partial charge in [-0.3, -0.25) is 4.57 Å². The third-order valence-electron chi connectivity index (χ3n) is 2.99. The van der Waals surface area contributed by atoms with Crippen molar-refractivity contribution in [2.24, 2.45) is 0 Å². The molecule has 0 radical (unpaired) electrons. The summed E-state index contributed by atoms with van der Waals surface area (Å²) in [5, 5.41) is 0. The molecule has 1 aromatic carbocycles. The van der Waals surface area contributed by atoms with Crippen molar-refractivity contribution in [3.8, 4) is 0 Å². The number of aromatic amines is 1. The fourth-order valence-electron chi connectivity index (χ4n) is 2.16. The third-order valence-corrected chi connectivity index (χ3v) is 2.99. The van der Waals surface area contributed by atoms with Crippen LogP contribution < -0.4 is 5.69 Å². The van der Waals surface area contributed by atoms with Gasteiger partial charge in [0.2, 0.25) is 0 Å². The van der Waals surface area contributed by atoms with E-state index in [1.807, 2.05) is 0 Å². The number of imidazole rings is 1. The number of H-pyrrole nitrogens is 1. The number of para-hydroxylation sites is 1. The van der Waals surface area contributed by atoms with Crippen LogP contribution >= 0.6 is 0 Å². The highest BCUT2D eigenvalue weighted by Gasteiger charge is 2.34. The zero-order chi connectivity index (χ0) is 14.3. The molecule has 104 valence electrons. The van der Waals surface area contributed by atoms with Crippen molar-refractivity contribution in [1.29, 1.82) is 0 Å². The molecule has 2 aromatic heterocycles. The molecule has 0 aliphatic rings. The second-order valence-electron chi connectivity index (χ2n) is 4.30. The molecule has 0 amide bonds. The Morgan fingerprint density at radius 1 is 1.20 bits per heavy atom. The molecule has 0 bridgehead atoms. The second kappa shape index (κ2) is 4.29. The van der Waals surface area contributed by atoms with E-state index in [-0.39, 0.29) is 17.6 Å². The minimum absolute atomic E-state index is 0.0566. The van der Waals surface area contributed by atoms with Crippen molar-refractivity contribution in [2.75, 3.05) is 0 Å². The number of hydrogen-bond acceptors (Lipinski definition) is 2. The molecule has 1 N–H and O–H groups in total. The number of hydrogen-bond donors (Lipinski definition) is 1. The van der Waals surface area contributed by atoms with E-state index in [1.165, 1.54) is 18.4 Å². The van der Waals surface area contributed by atoms with E-state index in [0.717, 1.165) is 10.6 Å². The van der Waals surface area contributed by atoms with Crippen LogP contribution in [0.25, 0.3) is 11.0 Å². The van der Waals surface area contributed by atoms with Crippen LogP contribution in [0.1, 0.15) is 11.3 Å². The molecule has 0 fully saturated rings. The van der Waals surface area contributed by atoms with Gasteiger partial charge in [-0.2, -0.15) is 13.2 Å². The Labute approximate surface area is 110 Å². The number of nitrogens with zero attached hydrogens (tertiary/aromatic N) is 1. The highest BCUT2D eigenvalue weighted by Crippen LogP contribution is 2.34. The van der Waals surface area contributed by atoms with Gasteiger partial charge in [0.25, 0.3) is 0 Å². The van der Waals surface area contributed by atoms with E-state index in [4.69, 9.17) is 4.42 Å². The minimum atomic E-state index is -4.53. The number of fused-ring (bicyclic) bond motifs is 1. The van der Waals surface area contributed by atoms with Crippen molar-refractivity contribution in [3.05, 3.63) is 58.4 Å². The van der Waals surface area contributed by atoms with Gasteiger partial charge in [0.1, 0.15) is 5.76 Å². The lowest BCUT2D eigenvalue weighted by Gasteiger charge is -2.10. The molecule has 20 heavy (non-hydrogen) atoms. The van der Waals surface area contributed by atoms with Crippen LogP contribution in [0.15, 0.2) is 45.8 Å². The number of rotatable bonds is 2. The van der Waals surface area contributed by atoms with Crippen LogP contribution in [-0.2, 0) is 12.7 Å². The predicted octanol–water partition coefficient (Wildman–Crippen LogP) is 2.99. The standard InChI is InChI=1S/C13H9F3N2O2/c14-13(15,16)9-4-1-5-10-11(9)18(12(19)17-10)7-8-3-2-6-20-8/h1-6H,7H2,(H,17,19). The lowest BCUT2D eigenvalue weighted by molar-refractivity contribution is -0.136. The summed E-state index contributed by atoms with van der Waals surface area (Å²) in [5.74, 6) is 0.407. The molecule has 3 rings (SSSR count). The van der Waals surface area contributed by atoms with Crippen molar-refractivity contribution >= 4 is 11.0 Å². The first-order chi connectivity index (χ1) is 9.47. The molecule has 0 spiro atoms. The van der Waals surface area contributed by atoms with Gasteiger partial charge in [-0.05, 0) is 24.3 Å². The Hall–Kier alpha value is -2.44. The average Bonchev–Trinajstić information content (AvgIpc) is 2.97. The fraction of sp³-hybridized carbons (Fsp3) is 0.154. The second-order valence-corrected chi connectivity index (χ2v) is 4.30. The first-order valence-corrected chi connectivity index (χ1v) is 5.78. The van der Waals surface area contributed by atoms with Crippen molar-refractivity contribution in [1.82, 2.24) is 9.55 Å². The first-order valence-electron chi connectivity index (χ1n) is 5.78. The molecule has 0 saturated heterocycles. The number of halogens is 3. The number of alkyl halides is 3. The van der Waals surface area contributed by atoms with E-state index in [1.54, 1.807) is 12.1 Å². The highest BCUT2D eigenvalue weighted by molar-refractivity contribution is 5.79. The van der Waals surface area contributed by atoms with Crippen molar-refractivity contribution < 1.29 is 17.6 Å². The summed E-state index contributed by atoms with van der Waals surface area (Å²) in [6, 6.07) is 6.86. The van der Waals surface area contributed by atoms with E-state index in [9.17, 15) is 18.0 Å². The Morgan fingerprint density at radius 2 is 2.00 bits per heavy atom. The van der Waals surface area contributed by atoms with E-state index in [2.05, 4.69) is 4.98 Å². The number of benzene rings is 1. The highest BCUT2D eigenvalue weighted by atomic mass is 19.4. The maximum absolute atomic E-state index is 13.0. The lowest BCUT2D eigenvalue weighted by Crippen LogP contribution is -2.18. The van der Waals surface area contributed by atoms with Crippen LogP contribution in [0.4, 0.5) is 13.2 Å². The van der Waals surface area contributed by atoms with Gasteiger partial charge < -0.3 is 9.40 Å². The minimum Gasteiger partial charge on any atom is -0.467 e. The van der Waals surface area contributed by atoms with Crippen LogP contribution in [0.2, 0.25) is 0 Å². The van der Waals surface area contributed by atoms with Gasteiger partial charge in [0, 0.05) is 0 Å². The van der Waals surface area contributed by atoms with E-state index >= 15 is 0 Å². The topological polar surface area (TPSA) is 50.9 Å². The molecule has 0 aliphatic heterocycles. The summed E-state index contributed by atoms with van der Waals surface area (Å²) in [6.45, 7) is -0.0566. The maximum atomic E-state index is 13.0. The summed E-state index contributed by atoms with van der Waals surface area (Å²) in [6.07, 6.45) is -3.13. The molecule has 7 heteroatoms. The smallest absolute Gasteiger partial charge is 0.418 e. The normalized spacial score (nSPS) is 12.2. The Kier molecular flexibility index (Phi) is 2.70. The van der Waals surface area contributed by atoms with Gasteiger partial charge in [-0.1, -0.05) is 6.07 Å². The van der Waals surface area contributed by atoms with Gasteiger partial charge >= 0.3 is 11.9 Å². The summed E-state index contributed by atoms with van der Waals surface area (Å²) in [5.41, 5.74) is -1.47. The molecule has 3 aromatic rings. The monoisotopic (exact) mass is 282 g/mol. The molecule has 0 unspecified atom stereocenters. The number of aromatic nitrogens is 2. The Bertz CT molecular complexity index is 797. The van der Waals surface area contributed by atoms with Gasteiger partial charge in [-0.25, -0.2) is 4.79 Å². The molecule has 0 aliphatic carbocycles. The third kappa shape index (κ3) is 2.01. The molecular formula is C13H9F3N2O2. The zero-order valence-corrected chi connectivity index (χ0v) is 10.1. The van der Waals surface area contributed by atoms with Gasteiger partial charge in [0.05, 0.1) is 29.4 Å². The largest absolute Gasteiger partial charge is 0.467 e. The number of nitrogens with one attached hydrogen (secondary N) is 1. The van der Waals surface area contributed by atoms with Crippen LogP contribution in [0, 0.1) is 0 Å². The van der Waals surface area contributed by atoms with Crippen molar-refractivity contribution in [2.45, 2.75) is 12.7 Å². The average molecular weight is 282 g/mol. The molecule has 0 saturated carbocycles. The summed E-state index contributed by atoms with van der Waals surface area (Å²) in [7, 11) is 0.